The van der Waals surface area contributed by atoms with Crippen LogP contribution < -0.4 is 9.47 Å². The van der Waals surface area contributed by atoms with E-state index in [4.69, 9.17) is 9.47 Å². The van der Waals surface area contributed by atoms with E-state index in [0.29, 0.717) is 16.9 Å². The van der Waals surface area contributed by atoms with Crippen molar-refractivity contribution >= 4 is 11.8 Å². The average Bonchev–Trinajstić information content (AvgIpc) is 2.45. The zero-order valence-electron chi connectivity index (χ0n) is 10.3. The number of hydrogen-bond donors (Lipinski definition) is 0. The lowest BCUT2D eigenvalue weighted by molar-refractivity contribution is 0.364. The van der Waals surface area contributed by atoms with Crippen molar-refractivity contribution in [2.24, 2.45) is 0 Å². The summed E-state index contributed by atoms with van der Waals surface area (Å²) in [5.41, 5.74) is 1.23. The van der Waals surface area contributed by atoms with E-state index in [-0.39, 0.29) is 0 Å². The predicted octanol–water partition coefficient (Wildman–Crippen LogP) is 2.79. The third-order valence-electron chi connectivity index (χ3n) is 2.29. The Morgan fingerprint density at radius 3 is 2.17 bits per heavy atom. The van der Waals surface area contributed by atoms with Crippen molar-refractivity contribution in [2.75, 3.05) is 14.2 Å². The first-order chi connectivity index (χ1) is 8.81. The fourth-order valence-corrected chi connectivity index (χ4v) is 2.18. The maximum Gasteiger partial charge on any atom is 0.220 e. The molecule has 1 heterocycles. The summed E-state index contributed by atoms with van der Waals surface area (Å²) in [6, 6.07) is 11.8. The first kappa shape index (κ1) is 12.7. The van der Waals surface area contributed by atoms with Crippen molar-refractivity contribution in [1.29, 1.82) is 0 Å². The van der Waals surface area contributed by atoms with Crippen LogP contribution in [0.3, 0.4) is 0 Å². The Labute approximate surface area is 110 Å². The second-order valence-corrected chi connectivity index (χ2v) is 4.45. The highest BCUT2D eigenvalue weighted by Gasteiger charge is 2.06. The minimum absolute atomic E-state index is 0.511. The van der Waals surface area contributed by atoms with Crippen LogP contribution in [-0.4, -0.2) is 24.2 Å². The predicted molar refractivity (Wildman–Crippen MR) is 71.1 cm³/mol. The lowest BCUT2D eigenvalue weighted by atomic mass is 10.2. The molecule has 0 radical (unpaired) electrons. The second-order valence-electron chi connectivity index (χ2n) is 3.51. The minimum atomic E-state index is 0.511. The van der Waals surface area contributed by atoms with Gasteiger partial charge in [-0.05, 0) is 5.56 Å². The Kier molecular flexibility index (Phi) is 4.41. The maximum absolute atomic E-state index is 5.10. The Bertz CT molecular complexity index is 483. The molecule has 0 unspecified atom stereocenters. The van der Waals surface area contributed by atoms with E-state index in [2.05, 4.69) is 22.1 Å². The summed E-state index contributed by atoms with van der Waals surface area (Å²) in [5.74, 6) is 1.84. The van der Waals surface area contributed by atoms with E-state index < -0.39 is 0 Å². The topological polar surface area (TPSA) is 44.2 Å². The fourth-order valence-electron chi connectivity index (χ4n) is 1.38. The third kappa shape index (κ3) is 3.37. The highest BCUT2D eigenvalue weighted by atomic mass is 32.2. The molecule has 0 fully saturated rings. The minimum Gasteiger partial charge on any atom is -0.481 e. The van der Waals surface area contributed by atoms with E-state index >= 15 is 0 Å². The number of methoxy groups -OCH3 is 2. The Hall–Kier alpha value is -1.75. The van der Waals surface area contributed by atoms with Gasteiger partial charge in [0, 0.05) is 5.75 Å². The van der Waals surface area contributed by atoms with Gasteiger partial charge >= 0.3 is 0 Å². The van der Waals surface area contributed by atoms with Gasteiger partial charge in [-0.3, -0.25) is 0 Å². The molecule has 18 heavy (non-hydrogen) atoms. The standard InChI is InChI=1S/C13H14N2O2S/c1-16-11-8-12(17-2)15-13(14-11)18-9-10-6-4-3-5-7-10/h3-8H,9H2,1-2H3. The van der Waals surface area contributed by atoms with Gasteiger partial charge in [0.05, 0.1) is 20.3 Å². The third-order valence-corrected chi connectivity index (χ3v) is 3.21. The van der Waals surface area contributed by atoms with Crippen molar-refractivity contribution in [2.45, 2.75) is 10.9 Å². The summed E-state index contributed by atoms with van der Waals surface area (Å²) in [6.45, 7) is 0. The van der Waals surface area contributed by atoms with Gasteiger partial charge in [0.1, 0.15) is 0 Å². The zero-order chi connectivity index (χ0) is 12.8. The molecule has 0 aliphatic carbocycles. The lowest BCUT2D eigenvalue weighted by Crippen LogP contribution is -1.96. The summed E-state index contributed by atoms with van der Waals surface area (Å²) < 4.78 is 10.2. The van der Waals surface area contributed by atoms with Crippen LogP contribution in [0.15, 0.2) is 41.6 Å². The molecule has 0 saturated carbocycles. The molecule has 94 valence electrons. The molecule has 0 atom stereocenters. The molecule has 2 rings (SSSR count). The van der Waals surface area contributed by atoms with Crippen molar-refractivity contribution < 1.29 is 9.47 Å². The number of ether oxygens (including phenoxy) is 2. The van der Waals surface area contributed by atoms with Crippen molar-refractivity contribution in [3.05, 3.63) is 42.0 Å². The summed E-state index contributed by atoms with van der Waals surface area (Å²) in [7, 11) is 3.15. The summed E-state index contributed by atoms with van der Waals surface area (Å²) >= 11 is 1.55. The Morgan fingerprint density at radius 1 is 1.00 bits per heavy atom. The second kappa shape index (κ2) is 6.26. The van der Waals surface area contributed by atoms with E-state index in [1.807, 2.05) is 18.2 Å². The first-order valence-corrected chi connectivity index (χ1v) is 6.44. The van der Waals surface area contributed by atoms with Gasteiger partial charge < -0.3 is 9.47 Å². The SMILES string of the molecule is COc1cc(OC)nc(SCc2ccccc2)n1. The van der Waals surface area contributed by atoms with Gasteiger partial charge in [-0.25, -0.2) is 0 Å². The van der Waals surface area contributed by atoms with Crippen LogP contribution in [0.5, 0.6) is 11.8 Å². The summed E-state index contributed by atoms with van der Waals surface area (Å²) in [5, 5.41) is 0.648. The molecule has 0 aliphatic rings. The van der Waals surface area contributed by atoms with Crippen molar-refractivity contribution in [3.8, 4) is 11.8 Å². The molecule has 1 aromatic heterocycles. The average molecular weight is 262 g/mol. The Morgan fingerprint density at radius 2 is 1.61 bits per heavy atom. The summed E-state index contributed by atoms with van der Waals surface area (Å²) in [4.78, 5) is 8.53. The molecule has 2 aromatic rings. The van der Waals surface area contributed by atoms with E-state index in [0.717, 1.165) is 5.75 Å². The molecule has 0 bridgehead atoms. The van der Waals surface area contributed by atoms with Gasteiger partial charge in [0.25, 0.3) is 0 Å². The first-order valence-electron chi connectivity index (χ1n) is 5.45. The van der Waals surface area contributed by atoms with Crippen LogP contribution in [0, 0.1) is 0 Å². The van der Waals surface area contributed by atoms with Crippen LogP contribution in [0.2, 0.25) is 0 Å². The van der Waals surface area contributed by atoms with Crippen LogP contribution in [0.4, 0.5) is 0 Å². The highest BCUT2D eigenvalue weighted by molar-refractivity contribution is 7.98. The smallest absolute Gasteiger partial charge is 0.220 e. The molecule has 0 amide bonds. The molecular formula is C13H14N2O2S. The highest BCUT2D eigenvalue weighted by Crippen LogP contribution is 2.24. The van der Waals surface area contributed by atoms with Crippen molar-refractivity contribution in [3.63, 3.8) is 0 Å². The van der Waals surface area contributed by atoms with E-state index in [1.54, 1.807) is 32.0 Å². The van der Waals surface area contributed by atoms with Crippen LogP contribution in [0.25, 0.3) is 0 Å². The molecule has 0 spiro atoms. The number of rotatable bonds is 5. The Balaban J connectivity index is 2.09. The fraction of sp³-hybridized carbons (Fsp3) is 0.231. The summed E-state index contributed by atoms with van der Waals surface area (Å²) in [6.07, 6.45) is 0. The number of aromatic nitrogens is 2. The molecule has 4 nitrogen and oxygen atoms in total. The van der Waals surface area contributed by atoms with Crippen LogP contribution in [0.1, 0.15) is 5.56 Å². The van der Waals surface area contributed by atoms with Crippen molar-refractivity contribution in [1.82, 2.24) is 9.97 Å². The van der Waals surface area contributed by atoms with Crippen LogP contribution >= 0.6 is 11.8 Å². The van der Waals surface area contributed by atoms with Crippen LogP contribution in [-0.2, 0) is 5.75 Å². The van der Waals surface area contributed by atoms with Gasteiger partial charge in [-0.15, -0.1) is 0 Å². The number of benzene rings is 1. The lowest BCUT2D eigenvalue weighted by Gasteiger charge is -2.05. The van der Waals surface area contributed by atoms with E-state index in [1.165, 1.54) is 5.56 Å². The molecule has 0 N–H and O–H groups in total. The monoisotopic (exact) mass is 262 g/mol. The molecule has 5 heteroatoms. The van der Waals surface area contributed by atoms with Gasteiger partial charge in [0.15, 0.2) is 5.16 Å². The number of hydrogen-bond acceptors (Lipinski definition) is 5. The van der Waals surface area contributed by atoms with Gasteiger partial charge in [0.2, 0.25) is 11.8 Å². The number of thioether (sulfide) groups is 1. The van der Waals surface area contributed by atoms with Gasteiger partial charge in [-0.1, -0.05) is 42.1 Å². The largest absolute Gasteiger partial charge is 0.481 e. The molecule has 0 saturated heterocycles. The van der Waals surface area contributed by atoms with Gasteiger partial charge in [-0.2, -0.15) is 9.97 Å². The number of nitrogens with zero attached hydrogens (tertiary/aromatic N) is 2. The maximum atomic E-state index is 5.10. The zero-order valence-corrected chi connectivity index (χ0v) is 11.1. The molecule has 1 aromatic carbocycles. The molecule has 0 aliphatic heterocycles. The quantitative estimate of drug-likeness (QED) is 0.612. The normalized spacial score (nSPS) is 10.1. The molecular weight excluding hydrogens is 248 g/mol. The van der Waals surface area contributed by atoms with E-state index in [9.17, 15) is 0 Å².